The molecule has 0 aliphatic heterocycles. The van der Waals surface area contributed by atoms with Crippen LogP contribution < -0.4 is 27.2 Å². The highest BCUT2D eigenvalue weighted by Crippen LogP contribution is 2.36. The van der Waals surface area contributed by atoms with Crippen LogP contribution in [0.3, 0.4) is 0 Å². The van der Waals surface area contributed by atoms with E-state index in [9.17, 15) is 0 Å². The second-order valence-electron chi connectivity index (χ2n) is 4.45. The van der Waals surface area contributed by atoms with Crippen LogP contribution in [-0.2, 0) is 13.1 Å². The summed E-state index contributed by atoms with van der Waals surface area (Å²) in [6.07, 6.45) is 1.66. The molecule has 1 aromatic heterocycles. The molecule has 0 spiro atoms. The van der Waals surface area contributed by atoms with Crippen molar-refractivity contribution in [2.75, 3.05) is 13.2 Å². The van der Waals surface area contributed by atoms with Crippen molar-refractivity contribution in [3.63, 3.8) is 0 Å². The largest absolute Gasteiger partial charge is 1.00 e. The molecule has 0 radical (unpaired) electrons. The van der Waals surface area contributed by atoms with Crippen LogP contribution in [-0.4, -0.2) is 13.2 Å². The average molecular weight is 345 g/mol. The van der Waals surface area contributed by atoms with Crippen molar-refractivity contribution in [2.45, 2.75) is 26.9 Å². The molecule has 0 bridgehead atoms. The van der Waals surface area contributed by atoms with E-state index in [1.807, 2.05) is 38.1 Å². The summed E-state index contributed by atoms with van der Waals surface area (Å²) < 4.78 is 16.4. The molecule has 1 heterocycles. The van der Waals surface area contributed by atoms with E-state index in [-0.39, 0.29) is 12.4 Å². The molecule has 2 aromatic rings. The monoisotopic (exact) mass is 344 g/mol. The Morgan fingerprint density at radius 2 is 1.91 bits per heavy atom. The van der Waals surface area contributed by atoms with Gasteiger partial charge < -0.3 is 31.6 Å². The van der Waals surface area contributed by atoms with Gasteiger partial charge in [0.05, 0.1) is 31.0 Å². The second-order valence-corrected chi connectivity index (χ2v) is 4.86. The first-order chi connectivity index (χ1) is 10.2. The maximum atomic E-state index is 6.28. The summed E-state index contributed by atoms with van der Waals surface area (Å²) in [5.41, 5.74) is 1.04. The first kappa shape index (κ1) is 18.7. The Hall–Kier alpha value is -1.36. The predicted octanol–water partition coefficient (Wildman–Crippen LogP) is 1.02. The van der Waals surface area contributed by atoms with E-state index in [1.54, 1.807) is 6.26 Å². The molecule has 0 aliphatic rings. The Balaban J connectivity index is 0.00000242. The number of benzene rings is 1. The van der Waals surface area contributed by atoms with Gasteiger partial charge in [0.25, 0.3) is 0 Å². The molecular formula is C16H20Cl2NO3-. The molecule has 4 nitrogen and oxygen atoms in total. The van der Waals surface area contributed by atoms with Crippen LogP contribution in [0, 0.1) is 0 Å². The van der Waals surface area contributed by atoms with Gasteiger partial charge in [-0.25, -0.2) is 0 Å². The van der Waals surface area contributed by atoms with E-state index in [1.165, 1.54) is 0 Å². The number of rotatable bonds is 8. The van der Waals surface area contributed by atoms with Gasteiger partial charge in [-0.2, -0.15) is 0 Å². The highest BCUT2D eigenvalue weighted by atomic mass is 35.5. The highest BCUT2D eigenvalue weighted by molar-refractivity contribution is 6.32. The molecule has 0 saturated heterocycles. The second kappa shape index (κ2) is 9.62. The molecule has 0 fully saturated rings. The van der Waals surface area contributed by atoms with E-state index >= 15 is 0 Å². The van der Waals surface area contributed by atoms with Crippen LogP contribution in [0.15, 0.2) is 34.9 Å². The fraction of sp³-hybridized carbons (Fsp3) is 0.375. The SMILES string of the molecule is CCOc1cc(CNCc2ccco2)cc(Cl)c1OCC.[Cl-]. The highest BCUT2D eigenvalue weighted by Gasteiger charge is 2.12. The van der Waals surface area contributed by atoms with Crippen molar-refractivity contribution in [1.29, 1.82) is 0 Å². The van der Waals surface area contributed by atoms with Crippen molar-refractivity contribution in [1.82, 2.24) is 5.32 Å². The van der Waals surface area contributed by atoms with Crippen LogP contribution >= 0.6 is 11.6 Å². The smallest absolute Gasteiger partial charge is 0.179 e. The van der Waals surface area contributed by atoms with E-state index in [2.05, 4.69) is 5.32 Å². The Morgan fingerprint density at radius 3 is 2.55 bits per heavy atom. The number of hydrogen-bond acceptors (Lipinski definition) is 4. The summed E-state index contributed by atoms with van der Waals surface area (Å²) in [5, 5.41) is 3.87. The quantitative estimate of drug-likeness (QED) is 0.776. The maximum absolute atomic E-state index is 6.28. The third-order valence-electron chi connectivity index (χ3n) is 2.87. The molecule has 1 N–H and O–H groups in total. The molecule has 0 saturated carbocycles. The molecule has 2 rings (SSSR count). The number of ether oxygens (including phenoxy) is 2. The first-order valence-electron chi connectivity index (χ1n) is 7.05. The zero-order valence-electron chi connectivity index (χ0n) is 12.7. The number of hydrogen-bond donors (Lipinski definition) is 1. The lowest BCUT2D eigenvalue weighted by Crippen LogP contribution is -3.00. The van der Waals surface area contributed by atoms with Gasteiger partial charge in [-0.15, -0.1) is 0 Å². The molecule has 0 atom stereocenters. The molecular weight excluding hydrogens is 325 g/mol. The van der Waals surface area contributed by atoms with Crippen LogP contribution in [0.4, 0.5) is 0 Å². The van der Waals surface area contributed by atoms with E-state index < -0.39 is 0 Å². The normalized spacial score (nSPS) is 10.1. The van der Waals surface area contributed by atoms with Crippen molar-refractivity contribution in [3.8, 4) is 11.5 Å². The molecule has 122 valence electrons. The fourth-order valence-electron chi connectivity index (χ4n) is 2.01. The fourth-order valence-corrected chi connectivity index (χ4v) is 2.30. The van der Waals surface area contributed by atoms with Gasteiger partial charge in [0.2, 0.25) is 0 Å². The third-order valence-corrected chi connectivity index (χ3v) is 3.15. The van der Waals surface area contributed by atoms with Gasteiger partial charge in [-0.3, -0.25) is 0 Å². The zero-order chi connectivity index (χ0) is 15.1. The van der Waals surface area contributed by atoms with E-state index in [0.717, 1.165) is 11.3 Å². The number of nitrogens with one attached hydrogen (secondary N) is 1. The third kappa shape index (κ3) is 5.13. The van der Waals surface area contributed by atoms with Gasteiger partial charge in [-0.05, 0) is 43.7 Å². The summed E-state index contributed by atoms with van der Waals surface area (Å²) in [6.45, 7) is 6.32. The predicted molar refractivity (Wildman–Crippen MR) is 83.0 cm³/mol. The van der Waals surface area contributed by atoms with Crippen molar-refractivity contribution in [3.05, 3.63) is 46.9 Å². The Bertz CT molecular complexity index is 559. The van der Waals surface area contributed by atoms with E-state index in [4.69, 9.17) is 25.5 Å². The Morgan fingerprint density at radius 1 is 1.14 bits per heavy atom. The number of halogens is 2. The van der Waals surface area contributed by atoms with Gasteiger partial charge in [0.15, 0.2) is 11.5 Å². The maximum Gasteiger partial charge on any atom is 0.179 e. The molecule has 1 aromatic carbocycles. The molecule has 0 amide bonds. The zero-order valence-corrected chi connectivity index (χ0v) is 14.2. The van der Waals surface area contributed by atoms with Crippen molar-refractivity contribution >= 4 is 11.6 Å². The number of furan rings is 1. The first-order valence-corrected chi connectivity index (χ1v) is 7.43. The molecule has 22 heavy (non-hydrogen) atoms. The molecule has 0 unspecified atom stereocenters. The minimum atomic E-state index is 0. The van der Waals surface area contributed by atoms with Crippen molar-refractivity contribution in [2.24, 2.45) is 0 Å². The summed E-state index contributed by atoms with van der Waals surface area (Å²) in [4.78, 5) is 0. The molecule has 6 heteroatoms. The van der Waals surface area contributed by atoms with E-state index in [0.29, 0.717) is 42.8 Å². The van der Waals surface area contributed by atoms with Crippen LogP contribution in [0.2, 0.25) is 5.02 Å². The van der Waals surface area contributed by atoms with Crippen LogP contribution in [0.5, 0.6) is 11.5 Å². The minimum Gasteiger partial charge on any atom is -1.00 e. The average Bonchev–Trinajstić information content (AvgIpc) is 2.96. The van der Waals surface area contributed by atoms with Crippen LogP contribution in [0.25, 0.3) is 0 Å². The van der Waals surface area contributed by atoms with Gasteiger partial charge in [0.1, 0.15) is 5.76 Å². The minimum absolute atomic E-state index is 0. The summed E-state index contributed by atoms with van der Waals surface area (Å²) in [5.74, 6) is 2.19. The Kier molecular flexibility index (Phi) is 8.17. The summed E-state index contributed by atoms with van der Waals surface area (Å²) in [6, 6.07) is 7.65. The lowest BCUT2D eigenvalue weighted by molar-refractivity contribution is -0.00000573. The molecule has 0 aliphatic carbocycles. The summed E-state index contributed by atoms with van der Waals surface area (Å²) in [7, 11) is 0. The van der Waals surface area contributed by atoms with Gasteiger partial charge in [0, 0.05) is 6.54 Å². The van der Waals surface area contributed by atoms with Crippen molar-refractivity contribution < 1.29 is 26.3 Å². The summed E-state index contributed by atoms with van der Waals surface area (Å²) >= 11 is 6.28. The topological polar surface area (TPSA) is 43.6 Å². The Labute approximate surface area is 142 Å². The van der Waals surface area contributed by atoms with Gasteiger partial charge >= 0.3 is 0 Å². The standard InChI is InChI=1S/C16H20ClNO3.ClH/c1-3-19-15-9-12(8-14(17)16(15)20-4-2)10-18-11-13-6-5-7-21-13;/h5-9,18H,3-4,10-11H2,1-2H3;1H/p-1. The lowest BCUT2D eigenvalue weighted by atomic mass is 10.2. The lowest BCUT2D eigenvalue weighted by Gasteiger charge is -2.14. The van der Waals surface area contributed by atoms with Crippen LogP contribution in [0.1, 0.15) is 25.2 Å². The van der Waals surface area contributed by atoms with Gasteiger partial charge in [-0.1, -0.05) is 11.6 Å².